The number of aryl methyl sites for hydroxylation is 2. The van der Waals surface area contributed by atoms with Crippen LogP contribution in [-0.2, 0) is 21.9 Å². The molecule has 1 aromatic rings. The Hall–Kier alpha value is -1.41. The summed E-state index contributed by atoms with van der Waals surface area (Å²) in [7, 11) is -1.94. The van der Waals surface area contributed by atoms with Gasteiger partial charge in [0.15, 0.2) is 5.03 Å². The van der Waals surface area contributed by atoms with Gasteiger partial charge in [-0.1, -0.05) is 0 Å². The van der Waals surface area contributed by atoms with Crippen molar-refractivity contribution in [1.29, 1.82) is 0 Å². The van der Waals surface area contributed by atoms with Crippen molar-refractivity contribution < 1.29 is 13.2 Å². The Morgan fingerprint density at radius 1 is 1.38 bits per heavy atom. The van der Waals surface area contributed by atoms with E-state index in [4.69, 9.17) is 0 Å². The van der Waals surface area contributed by atoms with Gasteiger partial charge in [0.2, 0.25) is 5.91 Å². The Morgan fingerprint density at radius 2 is 2.14 bits per heavy atom. The molecular weight excluding hydrogens is 292 g/mol. The number of piperidine rings is 1. The number of carbonyl (C=O) groups excluding carboxylic acids is 1. The molecule has 1 amide bonds. The SMILES string of the molecule is Cc1cnn(C)c1S(=O)(=O)NCCCN1CCCCC1=O. The van der Waals surface area contributed by atoms with Gasteiger partial charge in [0.25, 0.3) is 10.0 Å². The minimum absolute atomic E-state index is 0.173. The monoisotopic (exact) mass is 314 g/mol. The molecule has 0 aliphatic carbocycles. The predicted octanol–water partition coefficient (Wildman–Crippen LogP) is 0.409. The minimum Gasteiger partial charge on any atom is -0.343 e. The highest BCUT2D eigenvalue weighted by Crippen LogP contribution is 2.13. The second-order valence-corrected chi connectivity index (χ2v) is 7.03. The molecule has 0 radical (unpaired) electrons. The summed E-state index contributed by atoms with van der Waals surface area (Å²) in [5, 5.41) is 4.13. The predicted molar refractivity (Wildman–Crippen MR) is 78.2 cm³/mol. The van der Waals surface area contributed by atoms with Gasteiger partial charge in [0.05, 0.1) is 6.20 Å². The third-order valence-electron chi connectivity index (χ3n) is 3.63. The summed E-state index contributed by atoms with van der Waals surface area (Å²) < 4.78 is 28.3. The van der Waals surface area contributed by atoms with E-state index in [0.717, 1.165) is 19.4 Å². The number of hydrogen-bond donors (Lipinski definition) is 1. The van der Waals surface area contributed by atoms with E-state index < -0.39 is 10.0 Å². The number of rotatable bonds is 6. The number of aromatic nitrogens is 2. The van der Waals surface area contributed by atoms with Gasteiger partial charge >= 0.3 is 0 Å². The average Bonchev–Trinajstić information content (AvgIpc) is 2.77. The lowest BCUT2D eigenvalue weighted by atomic mass is 10.1. The zero-order chi connectivity index (χ0) is 15.5. The third-order valence-corrected chi connectivity index (χ3v) is 5.31. The lowest BCUT2D eigenvalue weighted by Crippen LogP contribution is -2.37. The second-order valence-electron chi connectivity index (χ2n) is 5.35. The average molecular weight is 314 g/mol. The minimum atomic E-state index is -3.55. The molecule has 0 spiro atoms. The number of sulfonamides is 1. The molecule has 2 heterocycles. The molecule has 0 bridgehead atoms. The zero-order valence-electron chi connectivity index (χ0n) is 12.5. The molecule has 1 fully saturated rings. The molecule has 0 unspecified atom stereocenters. The first-order chi connectivity index (χ1) is 9.92. The van der Waals surface area contributed by atoms with Crippen LogP contribution in [0.15, 0.2) is 11.2 Å². The summed E-state index contributed by atoms with van der Waals surface area (Å²) >= 11 is 0. The van der Waals surface area contributed by atoms with Gasteiger partial charge in [-0.25, -0.2) is 13.1 Å². The maximum Gasteiger partial charge on any atom is 0.257 e. The Balaban J connectivity index is 1.84. The number of nitrogens with one attached hydrogen (secondary N) is 1. The number of hydrogen-bond acceptors (Lipinski definition) is 4. The van der Waals surface area contributed by atoms with E-state index >= 15 is 0 Å². The third kappa shape index (κ3) is 3.82. The van der Waals surface area contributed by atoms with Crippen LogP contribution in [0, 0.1) is 6.92 Å². The summed E-state index contributed by atoms with van der Waals surface area (Å²) in [5.74, 6) is 0.173. The first kappa shape index (κ1) is 16.0. The van der Waals surface area contributed by atoms with Crippen LogP contribution in [0.5, 0.6) is 0 Å². The van der Waals surface area contributed by atoms with Crippen LogP contribution in [0.2, 0.25) is 0 Å². The van der Waals surface area contributed by atoms with E-state index in [-0.39, 0.29) is 10.9 Å². The number of nitrogens with zero attached hydrogens (tertiary/aromatic N) is 3. The molecule has 0 atom stereocenters. The molecule has 118 valence electrons. The molecule has 1 aliphatic heterocycles. The number of carbonyl (C=O) groups is 1. The second kappa shape index (κ2) is 6.57. The smallest absolute Gasteiger partial charge is 0.257 e. The van der Waals surface area contributed by atoms with Gasteiger partial charge in [-0.3, -0.25) is 9.48 Å². The molecule has 1 aliphatic rings. The van der Waals surface area contributed by atoms with E-state index in [1.807, 2.05) is 4.90 Å². The molecule has 7 nitrogen and oxygen atoms in total. The van der Waals surface area contributed by atoms with Crippen molar-refractivity contribution in [2.24, 2.45) is 7.05 Å². The van der Waals surface area contributed by atoms with Gasteiger partial charge in [0, 0.05) is 38.7 Å². The van der Waals surface area contributed by atoms with E-state index in [1.54, 1.807) is 14.0 Å². The number of amides is 1. The molecule has 2 rings (SSSR count). The molecule has 21 heavy (non-hydrogen) atoms. The van der Waals surface area contributed by atoms with Crippen LogP contribution < -0.4 is 4.72 Å². The van der Waals surface area contributed by atoms with Crippen molar-refractivity contribution >= 4 is 15.9 Å². The van der Waals surface area contributed by atoms with E-state index in [2.05, 4.69) is 9.82 Å². The topological polar surface area (TPSA) is 84.3 Å². The maximum atomic E-state index is 12.2. The van der Waals surface area contributed by atoms with Crippen LogP contribution in [-0.4, -0.2) is 48.6 Å². The van der Waals surface area contributed by atoms with Crippen LogP contribution in [0.1, 0.15) is 31.2 Å². The number of likely N-dealkylation sites (tertiary alicyclic amines) is 1. The van der Waals surface area contributed by atoms with Crippen molar-refractivity contribution in [3.8, 4) is 0 Å². The van der Waals surface area contributed by atoms with Crippen LogP contribution >= 0.6 is 0 Å². The quantitative estimate of drug-likeness (QED) is 0.771. The van der Waals surface area contributed by atoms with E-state index in [1.165, 1.54) is 10.9 Å². The zero-order valence-corrected chi connectivity index (χ0v) is 13.3. The van der Waals surface area contributed by atoms with Gasteiger partial charge in [0.1, 0.15) is 0 Å². The van der Waals surface area contributed by atoms with Gasteiger partial charge in [-0.2, -0.15) is 5.10 Å². The first-order valence-corrected chi connectivity index (χ1v) is 8.66. The van der Waals surface area contributed by atoms with Gasteiger partial charge in [-0.05, 0) is 26.2 Å². The molecule has 1 N–H and O–H groups in total. The molecule has 1 saturated heterocycles. The summed E-state index contributed by atoms with van der Waals surface area (Å²) in [6, 6.07) is 0. The summed E-state index contributed by atoms with van der Waals surface area (Å²) in [4.78, 5) is 13.4. The van der Waals surface area contributed by atoms with E-state index in [9.17, 15) is 13.2 Å². The fourth-order valence-corrected chi connectivity index (χ4v) is 3.99. The normalized spacial score (nSPS) is 16.5. The Morgan fingerprint density at radius 3 is 2.76 bits per heavy atom. The highest BCUT2D eigenvalue weighted by atomic mass is 32.2. The van der Waals surface area contributed by atoms with Crippen LogP contribution in [0.25, 0.3) is 0 Å². The van der Waals surface area contributed by atoms with Crippen molar-refractivity contribution in [3.63, 3.8) is 0 Å². The van der Waals surface area contributed by atoms with Gasteiger partial charge < -0.3 is 4.90 Å². The fraction of sp³-hybridized carbons (Fsp3) is 0.692. The van der Waals surface area contributed by atoms with Crippen LogP contribution in [0.4, 0.5) is 0 Å². The first-order valence-electron chi connectivity index (χ1n) is 7.18. The standard InChI is InChI=1S/C13H22N4O3S/c1-11-10-14-16(2)13(11)21(19,20)15-7-5-9-17-8-4-3-6-12(17)18/h10,15H,3-9H2,1-2H3. The summed E-state index contributed by atoms with van der Waals surface area (Å²) in [5.41, 5.74) is 0.621. The lowest BCUT2D eigenvalue weighted by Gasteiger charge is -2.26. The van der Waals surface area contributed by atoms with Crippen LogP contribution in [0.3, 0.4) is 0 Å². The Labute approximate surface area is 125 Å². The molecule has 0 aromatic carbocycles. The Kier molecular flexibility index (Phi) is 5.00. The van der Waals surface area contributed by atoms with Crippen molar-refractivity contribution in [1.82, 2.24) is 19.4 Å². The van der Waals surface area contributed by atoms with Crippen molar-refractivity contribution in [2.75, 3.05) is 19.6 Å². The Bertz CT molecular complexity index is 589. The largest absolute Gasteiger partial charge is 0.343 e. The lowest BCUT2D eigenvalue weighted by molar-refractivity contribution is -0.133. The molecular formula is C13H22N4O3S. The summed E-state index contributed by atoms with van der Waals surface area (Å²) in [6.07, 6.45) is 4.75. The van der Waals surface area contributed by atoms with Crippen molar-refractivity contribution in [3.05, 3.63) is 11.8 Å². The highest BCUT2D eigenvalue weighted by Gasteiger charge is 2.21. The fourth-order valence-electron chi connectivity index (χ4n) is 2.56. The summed E-state index contributed by atoms with van der Waals surface area (Å²) in [6.45, 7) is 3.42. The van der Waals surface area contributed by atoms with E-state index in [0.29, 0.717) is 31.5 Å². The van der Waals surface area contributed by atoms with Crippen molar-refractivity contribution in [2.45, 2.75) is 37.6 Å². The molecule has 0 saturated carbocycles. The molecule has 8 heteroatoms. The van der Waals surface area contributed by atoms with Gasteiger partial charge in [-0.15, -0.1) is 0 Å². The highest BCUT2D eigenvalue weighted by molar-refractivity contribution is 7.89. The molecule has 1 aromatic heterocycles. The maximum absolute atomic E-state index is 12.2.